The smallest absolute Gasteiger partial charge is 0.156 e. The second-order valence-corrected chi connectivity index (χ2v) is 6.55. The van der Waals surface area contributed by atoms with Gasteiger partial charge >= 0.3 is 0 Å². The molecule has 0 amide bonds. The molecular formula is C16H22N2OS. The van der Waals surface area contributed by atoms with Crippen molar-refractivity contribution in [1.82, 2.24) is 5.32 Å². The fourth-order valence-corrected chi connectivity index (χ4v) is 3.65. The van der Waals surface area contributed by atoms with E-state index in [0.717, 1.165) is 49.9 Å². The van der Waals surface area contributed by atoms with E-state index in [0.29, 0.717) is 12.0 Å². The number of rotatable bonds is 4. The van der Waals surface area contributed by atoms with Gasteiger partial charge in [0.05, 0.1) is 0 Å². The molecule has 2 saturated heterocycles. The van der Waals surface area contributed by atoms with Crippen molar-refractivity contribution in [1.29, 1.82) is 0 Å². The van der Waals surface area contributed by atoms with Crippen LogP contribution >= 0.6 is 11.8 Å². The van der Waals surface area contributed by atoms with Gasteiger partial charge in [0.2, 0.25) is 0 Å². The predicted octanol–water partition coefficient (Wildman–Crippen LogP) is 2.72. The molecule has 0 aromatic heterocycles. The third-order valence-corrected chi connectivity index (χ3v) is 5.00. The Morgan fingerprint density at radius 3 is 2.80 bits per heavy atom. The number of benzene rings is 1. The predicted molar refractivity (Wildman–Crippen MR) is 85.4 cm³/mol. The van der Waals surface area contributed by atoms with Gasteiger partial charge in [0.15, 0.2) is 5.17 Å². The Morgan fingerprint density at radius 1 is 1.20 bits per heavy atom. The Labute approximate surface area is 125 Å². The number of hydrogen-bond donors (Lipinski definition) is 1. The van der Waals surface area contributed by atoms with Crippen LogP contribution in [0.25, 0.3) is 0 Å². The van der Waals surface area contributed by atoms with Gasteiger partial charge in [0.1, 0.15) is 0 Å². The first-order valence-electron chi connectivity index (χ1n) is 7.45. The monoisotopic (exact) mass is 290 g/mol. The van der Waals surface area contributed by atoms with E-state index in [1.807, 2.05) is 11.8 Å². The minimum atomic E-state index is 0.524. The summed E-state index contributed by atoms with van der Waals surface area (Å²) in [5.41, 5.74) is 1.40. The highest BCUT2D eigenvalue weighted by atomic mass is 32.2. The Bertz CT molecular complexity index is 443. The van der Waals surface area contributed by atoms with Crippen LogP contribution < -0.4 is 5.32 Å². The molecule has 2 fully saturated rings. The van der Waals surface area contributed by atoms with Gasteiger partial charge in [-0.15, -0.1) is 0 Å². The fourth-order valence-electron chi connectivity index (χ4n) is 2.68. The van der Waals surface area contributed by atoms with Crippen LogP contribution in [0.15, 0.2) is 35.3 Å². The van der Waals surface area contributed by atoms with Gasteiger partial charge in [0.25, 0.3) is 0 Å². The summed E-state index contributed by atoms with van der Waals surface area (Å²) in [7, 11) is 0. The van der Waals surface area contributed by atoms with Crippen LogP contribution in [0.2, 0.25) is 0 Å². The van der Waals surface area contributed by atoms with Crippen molar-refractivity contribution < 1.29 is 4.74 Å². The van der Waals surface area contributed by atoms with E-state index in [2.05, 4.69) is 35.6 Å². The summed E-state index contributed by atoms with van der Waals surface area (Å²) in [5.74, 6) is 1.84. The Morgan fingerprint density at radius 2 is 2.00 bits per heavy atom. The highest BCUT2D eigenvalue weighted by molar-refractivity contribution is 8.14. The largest absolute Gasteiger partial charge is 0.381 e. The fraction of sp³-hybridized carbons (Fsp3) is 0.562. The molecule has 1 aromatic carbocycles. The van der Waals surface area contributed by atoms with Crippen molar-refractivity contribution >= 4 is 16.9 Å². The van der Waals surface area contributed by atoms with E-state index in [1.165, 1.54) is 5.56 Å². The second kappa shape index (κ2) is 7.14. The molecular weight excluding hydrogens is 268 g/mol. The molecule has 0 aliphatic carbocycles. The first-order chi connectivity index (χ1) is 9.90. The minimum Gasteiger partial charge on any atom is -0.381 e. The van der Waals surface area contributed by atoms with E-state index in [4.69, 9.17) is 9.73 Å². The number of nitrogens with one attached hydrogen (secondary N) is 1. The second-order valence-electron chi connectivity index (χ2n) is 5.54. The van der Waals surface area contributed by atoms with Crippen LogP contribution in [0.1, 0.15) is 18.4 Å². The maximum Gasteiger partial charge on any atom is 0.156 e. The minimum absolute atomic E-state index is 0.524. The van der Waals surface area contributed by atoms with Crippen LogP contribution in [0, 0.1) is 5.92 Å². The lowest BCUT2D eigenvalue weighted by Crippen LogP contribution is -2.29. The van der Waals surface area contributed by atoms with Gasteiger partial charge < -0.3 is 10.1 Å². The van der Waals surface area contributed by atoms with Gasteiger partial charge in [-0.1, -0.05) is 42.1 Å². The van der Waals surface area contributed by atoms with E-state index in [9.17, 15) is 0 Å². The number of thioether (sulfide) groups is 1. The van der Waals surface area contributed by atoms with Gasteiger partial charge in [-0.2, -0.15) is 0 Å². The van der Waals surface area contributed by atoms with E-state index >= 15 is 0 Å². The van der Waals surface area contributed by atoms with Gasteiger partial charge in [-0.25, -0.2) is 0 Å². The molecule has 1 unspecified atom stereocenters. The average Bonchev–Trinajstić information content (AvgIpc) is 2.95. The van der Waals surface area contributed by atoms with Crippen molar-refractivity contribution in [2.75, 3.05) is 25.5 Å². The van der Waals surface area contributed by atoms with Crippen molar-refractivity contribution in [3.8, 4) is 0 Å². The zero-order valence-corrected chi connectivity index (χ0v) is 12.6. The summed E-state index contributed by atoms with van der Waals surface area (Å²) in [6.07, 6.45) is 3.41. The number of aliphatic imine (C=N–C) groups is 1. The zero-order chi connectivity index (χ0) is 13.6. The molecule has 2 aliphatic heterocycles. The summed E-state index contributed by atoms with van der Waals surface area (Å²) < 4.78 is 5.39. The molecule has 108 valence electrons. The maximum absolute atomic E-state index is 5.39. The summed E-state index contributed by atoms with van der Waals surface area (Å²) in [5, 5.41) is 4.70. The quantitative estimate of drug-likeness (QED) is 0.925. The molecule has 1 atom stereocenters. The van der Waals surface area contributed by atoms with Crippen molar-refractivity contribution in [2.45, 2.75) is 25.3 Å². The SMILES string of the molecule is c1ccc(CC2CSC(=NCC3CCOCC3)N2)cc1. The summed E-state index contributed by atoms with van der Waals surface area (Å²) >= 11 is 1.87. The molecule has 1 N–H and O–H groups in total. The number of hydrogen-bond acceptors (Lipinski definition) is 3. The van der Waals surface area contributed by atoms with Crippen molar-refractivity contribution in [3.63, 3.8) is 0 Å². The van der Waals surface area contributed by atoms with Gasteiger partial charge in [0, 0.05) is 31.6 Å². The van der Waals surface area contributed by atoms with Crippen LogP contribution in [0.4, 0.5) is 0 Å². The standard InChI is InChI=1S/C16H22N2OS/c1-2-4-13(5-3-1)10-15-12-20-16(18-15)17-11-14-6-8-19-9-7-14/h1-5,14-15H,6-12H2,(H,17,18). The van der Waals surface area contributed by atoms with Crippen LogP contribution in [0.5, 0.6) is 0 Å². The zero-order valence-electron chi connectivity index (χ0n) is 11.8. The molecule has 3 nitrogen and oxygen atoms in total. The summed E-state index contributed by atoms with van der Waals surface area (Å²) in [6, 6.07) is 11.2. The number of ether oxygens (including phenoxy) is 1. The van der Waals surface area contributed by atoms with Crippen LogP contribution in [-0.2, 0) is 11.2 Å². The summed E-state index contributed by atoms with van der Waals surface area (Å²) in [4.78, 5) is 4.75. The number of amidine groups is 1. The molecule has 20 heavy (non-hydrogen) atoms. The molecule has 0 bridgehead atoms. The lowest BCUT2D eigenvalue weighted by atomic mass is 10.0. The lowest BCUT2D eigenvalue weighted by molar-refractivity contribution is 0.0689. The Kier molecular flexibility index (Phi) is 4.98. The molecule has 1 aromatic rings. The highest BCUT2D eigenvalue weighted by Crippen LogP contribution is 2.19. The molecule has 4 heteroatoms. The van der Waals surface area contributed by atoms with E-state index in [1.54, 1.807) is 0 Å². The van der Waals surface area contributed by atoms with E-state index in [-0.39, 0.29) is 0 Å². The van der Waals surface area contributed by atoms with Crippen molar-refractivity contribution in [2.24, 2.45) is 10.9 Å². The van der Waals surface area contributed by atoms with Crippen LogP contribution in [-0.4, -0.2) is 36.7 Å². The Balaban J connectivity index is 1.46. The summed E-state index contributed by atoms with van der Waals surface area (Å²) in [6.45, 7) is 2.77. The third-order valence-electron chi connectivity index (χ3n) is 3.91. The lowest BCUT2D eigenvalue weighted by Gasteiger charge is -2.20. The first-order valence-corrected chi connectivity index (χ1v) is 8.44. The molecule has 0 radical (unpaired) electrons. The topological polar surface area (TPSA) is 33.6 Å². The van der Waals surface area contributed by atoms with E-state index < -0.39 is 0 Å². The average molecular weight is 290 g/mol. The van der Waals surface area contributed by atoms with Crippen LogP contribution in [0.3, 0.4) is 0 Å². The molecule has 2 heterocycles. The van der Waals surface area contributed by atoms with Crippen molar-refractivity contribution in [3.05, 3.63) is 35.9 Å². The third kappa shape index (κ3) is 4.00. The first kappa shape index (κ1) is 14.0. The normalized spacial score (nSPS) is 25.8. The maximum atomic E-state index is 5.39. The Hall–Kier alpha value is -1.00. The molecule has 3 rings (SSSR count). The van der Waals surface area contributed by atoms with Gasteiger partial charge in [-0.3, -0.25) is 4.99 Å². The molecule has 2 aliphatic rings. The number of nitrogens with zero attached hydrogens (tertiary/aromatic N) is 1. The molecule has 0 saturated carbocycles. The van der Waals surface area contributed by atoms with Gasteiger partial charge in [-0.05, 0) is 30.7 Å². The highest BCUT2D eigenvalue weighted by Gasteiger charge is 2.21. The molecule has 0 spiro atoms.